The molecule has 1 fully saturated rings. The first-order valence-electron chi connectivity index (χ1n) is 12.4. The van der Waals surface area contributed by atoms with Gasteiger partial charge < -0.3 is 10.2 Å². The molecule has 36 heavy (non-hydrogen) atoms. The van der Waals surface area contributed by atoms with Crippen LogP contribution in [-0.2, 0) is 11.2 Å². The number of rotatable bonds is 8. The van der Waals surface area contributed by atoms with Gasteiger partial charge in [-0.2, -0.15) is 4.37 Å². The number of carbonyl (C=O) groups is 1. The first-order chi connectivity index (χ1) is 17.7. The van der Waals surface area contributed by atoms with Crippen molar-refractivity contribution in [2.45, 2.75) is 25.2 Å². The highest BCUT2D eigenvalue weighted by Gasteiger charge is 2.26. The van der Waals surface area contributed by atoms with Crippen LogP contribution in [0.4, 0.5) is 9.52 Å². The molecule has 0 unspecified atom stereocenters. The van der Waals surface area contributed by atoms with Crippen LogP contribution in [-0.4, -0.2) is 34.9 Å². The Kier molecular flexibility index (Phi) is 7.67. The van der Waals surface area contributed by atoms with Crippen molar-refractivity contribution in [3.05, 3.63) is 113 Å². The molecule has 0 radical (unpaired) electrons. The fourth-order valence-electron chi connectivity index (χ4n) is 4.69. The number of amides is 1. The average Bonchev–Trinajstić information content (AvgIpc) is 3.39. The standard InChI is InChI=1S/C29H29FN4OS/c30-25-13-11-21(12-14-25)19-26-32-29(36-33-26)34-17-15-22(16-18-34)20-31-28(35)27(23-7-3-1-4-8-23)24-9-5-2-6-10-24/h1-14,22,27H,15-20H2,(H,31,35). The first kappa shape index (κ1) is 24.1. The third-order valence-electron chi connectivity index (χ3n) is 6.71. The van der Waals surface area contributed by atoms with E-state index in [2.05, 4.69) is 14.6 Å². The summed E-state index contributed by atoms with van der Waals surface area (Å²) in [5.41, 5.74) is 3.01. The third kappa shape index (κ3) is 5.97. The summed E-state index contributed by atoms with van der Waals surface area (Å²) in [5, 5.41) is 4.16. The van der Waals surface area contributed by atoms with Crippen molar-refractivity contribution in [3.8, 4) is 0 Å². The van der Waals surface area contributed by atoms with Crippen molar-refractivity contribution in [2.75, 3.05) is 24.5 Å². The minimum absolute atomic E-state index is 0.0457. The zero-order chi connectivity index (χ0) is 24.7. The Bertz CT molecular complexity index is 1220. The fourth-order valence-corrected chi connectivity index (χ4v) is 5.43. The molecule has 1 aliphatic heterocycles. The molecule has 7 heteroatoms. The van der Waals surface area contributed by atoms with Crippen LogP contribution in [0.2, 0.25) is 0 Å². The van der Waals surface area contributed by atoms with Gasteiger partial charge in [-0.15, -0.1) is 0 Å². The van der Waals surface area contributed by atoms with Gasteiger partial charge in [0.25, 0.3) is 0 Å². The number of benzene rings is 3. The molecule has 2 heterocycles. The molecule has 5 rings (SSSR count). The highest BCUT2D eigenvalue weighted by Crippen LogP contribution is 2.27. The molecular formula is C29H29FN4OS. The van der Waals surface area contributed by atoms with Gasteiger partial charge in [-0.1, -0.05) is 72.8 Å². The van der Waals surface area contributed by atoms with Gasteiger partial charge in [0.2, 0.25) is 11.0 Å². The number of piperidine rings is 1. The number of halogens is 1. The SMILES string of the molecule is O=C(NCC1CCN(c2nc(Cc3ccc(F)cc3)ns2)CC1)C(c1ccccc1)c1ccccc1. The Hall–Kier alpha value is -3.58. The second kappa shape index (κ2) is 11.4. The smallest absolute Gasteiger partial charge is 0.232 e. The summed E-state index contributed by atoms with van der Waals surface area (Å²) >= 11 is 1.42. The first-order valence-corrected chi connectivity index (χ1v) is 13.1. The molecule has 0 aliphatic carbocycles. The summed E-state index contributed by atoms with van der Waals surface area (Å²) in [6, 6.07) is 26.4. The molecule has 4 aromatic rings. The van der Waals surface area contributed by atoms with Crippen LogP contribution in [0.25, 0.3) is 0 Å². The molecule has 0 bridgehead atoms. The lowest BCUT2D eigenvalue weighted by molar-refractivity contribution is -0.121. The second-order valence-electron chi connectivity index (χ2n) is 9.23. The molecule has 1 aromatic heterocycles. The highest BCUT2D eigenvalue weighted by molar-refractivity contribution is 7.09. The van der Waals surface area contributed by atoms with E-state index in [1.807, 2.05) is 60.7 Å². The molecule has 5 nitrogen and oxygen atoms in total. The number of nitrogens with one attached hydrogen (secondary N) is 1. The van der Waals surface area contributed by atoms with Crippen LogP contribution in [0.1, 0.15) is 41.3 Å². The number of anilines is 1. The minimum Gasteiger partial charge on any atom is -0.355 e. The van der Waals surface area contributed by atoms with E-state index in [0.29, 0.717) is 18.9 Å². The molecule has 3 aromatic carbocycles. The van der Waals surface area contributed by atoms with Crippen LogP contribution in [0.5, 0.6) is 0 Å². The lowest BCUT2D eigenvalue weighted by Crippen LogP contribution is -2.40. The number of carbonyl (C=O) groups excluding carboxylic acids is 1. The molecule has 0 atom stereocenters. The maximum Gasteiger partial charge on any atom is 0.232 e. The van der Waals surface area contributed by atoms with Crippen LogP contribution < -0.4 is 10.2 Å². The summed E-state index contributed by atoms with van der Waals surface area (Å²) < 4.78 is 17.6. The summed E-state index contributed by atoms with van der Waals surface area (Å²) in [6.07, 6.45) is 2.59. The Morgan fingerprint density at radius 1 is 0.944 bits per heavy atom. The third-order valence-corrected chi connectivity index (χ3v) is 7.53. The van der Waals surface area contributed by atoms with E-state index >= 15 is 0 Å². The van der Waals surface area contributed by atoms with Gasteiger partial charge >= 0.3 is 0 Å². The predicted octanol–water partition coefficient (Wildman–Crippen LogP) is 5.43. The predicted molar refractivity (Wildman–Crippen MR) is 142 cm³/mol. The number of nitrogens with zero attached hydrogens (tertiary/aromatic N) is 3. The second-order valence-corrected chi connectivity index (χ2v) is 9.96. The summed E-state index contributed by atoms with van der Waals surface area (Å²) in [5.74, 6) is 0.700. The number of hydrogen-bond donors (Lipinski definition) is 1. The van der Waals surface area contributed by atoms with Gasteiger partial charge in [0.15, 0.2) is 0 Å². The van der Waals surface area contributed by atoms with E-state index in [-0.39, 0.29) is 17.6 Å². The van der Waals surface area contributed by atoms with Crippen LogP contribution >= 0.6 is 11.5 Å². The molecule has 0 saturated carbocycles. The monoisotopic (exact) mass is 500 g/mol. The highest BCUT2D eigenvalue weighted by atomic mass is 32.1. The van der Waals surface area contributed by atoms with Gasteiger partial charge in [-0.3, -0.25) is 4.79 Å². The van der Waals surface area contributed by atoms with E-state index < -0.39 is 0 Å². The number of hydrogen-bond acceptors (Lipinski definition) is 5. The minimum atomic E-state index is -0.312. The summed E-state index contributed by atoms with van der Waals surface area (Å²) in [4.78, 5) is 20.3. The molecule has 1 aliphatic rings. The summed E-state index contributed by atoms with van der Waals surface area (Å²) in [7, 11) is 0. The van der Waals surface area contributed by atoms with Crippen LogP contribution in [0.15, 0.2) is 84.9 Å². The van der Waals surface area contributed by atoms with Crippen molar-refractivity contribution >= 4 is 22.6 Å². The van der Waals surface area contributed by atoms with E-state index in [1.54, 1.807) is 12.1 Å². The van der Waals surface area contributed by atoms with Gasteiger partial charge in [-0.05, 0) is 47.6 Å². The Morgan fingerprint density at radius 2 is 1.56 bits per heavy atom. The van der Waals surface area contributed by atoms with Crippen molar-refractivity contribution in [2.24, 2.45) is 5.92 Å². The van der Waals surface area contributed by atoms with Crippen molar-refractivity contribution in [3.63, 3.8) is 0 Å². The normalized spacial score (nSPS) is 14.2. The van der Waals surface area contributed by atoms with Crippen molar-refractivity contribution in [1.29, 1.82) is 0 Å². The van der Waals surface area contributed by atoms with Gasteiger partial charge in [0, 0.05) is 37.6 Å². The Balaban J connectivity index is 1.14. The van der Waals surface area contributed by atoms with Crippen LogP contribution in [0, 0.1) is 11.7 Å². The number of aromatic nitrogens is 2. The molecule has 1 N–H and O–H groups in total. The van der Waals surface area contributed by atoms with Crippen molar-refractivity contribution in [1.82, 2.24) is 14.7 Å². The van der Waals surface area contributed by atoms with Gasteiger partial charge in [0.05, 0.1) is 5.92 Å². The van der Waals surface area contributed by atoms with E-state index in [1.165, 1.54) is 23.7 Å². The van der Waals surface area contributed by atoms with E-state index in [4.69, 9.17) is 4.98 Å². The van der Waals surface area contributed by atoms with Crippen molar-refractivity contribution < 1.29 is 9.18 Å². The zero-order valence-electron chi connectivity index (χ0n) is 20.0. The average molecular weight is 501 g/mol. The molecule has 0 spiro atoms. The fraction of sp³-hybridized carbons (Fsp3) is 0.276. The lowest BCUT2D eigenvalue weighted by atomic mass is 9.90. The molecular weight excluding hydrogens is 471 g/mol. The Morgan fingerprint density at radius 3 is 2.17 bits per heavy atom. The molecule has 1 saturated heterocycles. The Labute approximate surface area is 215 Å². The lowest BCUT2D eigenvalue weighted by Gasteiger charge is -2.31. The van der Waals surface area contributed by atoms with Gasteiger partial charge in [-0.25, -0.2) is 9.37 Å². The van der Waals surface area contributed by atoms with Gasteiger partial charge in [0.1, 0.15) is 11.6 Å². The quantitative estimate of drug-likeness (QED) is 0.350. The molecule has 184 valence electrons. The van der Waals surface area contributed by atoms with Crippen LogP contribution in [0.3, 0.4) is 0 Å². The maximum absolute atomic E-state index is 13.3. The zero-order valence-corrected chi connectivity index (χ0v) is 20.8. The molecule has 1 amide bonds. The van der Waals surface area contributed by atoms with E-state index in [9.17, 15) is 9.18 Å². The topological polar surface area (TPSA) is 58.1 Å². The largest absolute Gasteiger partial charge is 0.355 e. The maximum atomic E-state index is 13.3. The summed E-state index contributed by atoms with van der Waals surface area (Å²) in [6.45, 7) is 2.47. The van der Waals surface area contributed by atoms with E-state index in [0.717, 1.165) is 53.6 Å².